The van der Waals surface area contributed by atoms with Crippen LogP contribution in [0.5, 0.6) is 5.75 Å². The molecule has 0 bridgehead atoms. The van der Waals surface area contributed by atoms with Gasteiger partial charge in [-0.2, -0.15) is 0 Å². The maximum Gasteiger partial charge on any atom is 0.336 e. The highest BCUT2D eigenvalue weighted by Crippen LogP contribution is 2.19. The van der Waals surface area contributed by atoms with Gasteiger partial charge in [-0.1, -0.05) is 13.0 Å². The molecule has 0 unspecified atom stereocenters. The van der Waals surface area contributed by atoms with Gasteiger partial charge in [0.25, 0.3) is 5.91 Å². The predicted octanol–water partition coefficient (Wildman–Crippen LogP) is 4.00. The molecule has 0 aliphatic carbocycles. The number of anilines is 1. The molecule has 0 heterocycles. The molecule has 142 valence electrons. The van der Waals surface area contributed by atoms with Crippen molar-refractivity contribution < 1.29 is 19.4 Å². The molecule has 2 aromatic carbocycles. The summed E-state index contributed by atoms with van der Waals surface area (Å²) in [4.78, 5) is 23.5. The minimum Gasteiger partial charge on any atom is -0.491 e. The SMILES string of the molecule is CC[C@@H](C)Oc1ccc(C(=O)NC(=S)Nc2cccc(C(=O)O)c2C)cc1. The van der Waals surface area contributed by atoms with Crippen LogP contribution in [0, 0.1) is 6.92 Å². The highest BCUT2D eigenvalue weighted by Gasteiger charge is 2.13. The molecular weight excluding hydrogens is 364 g/mol. The van der Waals surface area contributed by atoms with Crippen molar-refractivity contribution in [1.82, 2.24) is 5.32 Å². The molecule has 0 radical (unpaired) electrons. The number of carboxylic acids is 1. The summed E-state index contributed by atoms with van der Waals surface area (Å²) in [6, 6.07) is 11.6. The zero-order chi connectivity index (χ0) is 20.0. The van der Waals surface area contributed by atoms with Crippen molar-refractivity contribution >= 4 is 34.9 Å². The Morgan fingerprint density at radius 1 is 1.19 bits per heavy atom. The number of amides is 1. The summed E-state index contributed by atoms with van der Waals surface area (Å²) in [5, 5.41) is 14.7. The number of nitrogens with one attached hydrogen (secondary N) is 2. The Labute approximate surface area is 163 Å². The summed E-state index contributed by atoms with van der Waals surface area (Å²) in [7, 11) is 0. The van der Waals surface area contributed by atoms with Crippen LogP contribution < -0.4 is 15.4 Å². The van der Waals surface area contributed by atoms with E-state index in [4.69, 9.17) is 17.0 Å². The van der Waals surface area contributed by atoms with Crippen LogP contribution in [-0.2, 0) is 0 Å². The van der Waals surface area contributed by atoms with Crippen molar-refractivity contribution in [1.29, 1.82) is 0 Å². The van der Waals surface area contributed by atoms with Gasteiger partial charge < -0.3 is 15.2 Å². The van der Waals surface area contributed by atoms with Crippen molar-refractivity contribution in [2.75, 3.05) is 5.32 Å². The number of hydrogen-bond acceptors (Lipinski definition) is 4. The Kier molecular flexibility index (Phi) is 6.90. The van der Waals surface area contributed by atoms with E-state index in [1.165, 1.54) is 6.07 Å². The van der Waals surface area contributed by atoms with Gasteiger partial charge in [-0.3, -0.25) is 10.1 Å². The molecular formula is C20H22N2O4S. The highest BCUT2D eigenvalue weighted by molar-refractivity contribution is 7.80. The van der Waals surface area contributed by atoms with E-state index in [9.17, 15) is 14.7 Å². The first-order valence-corrected chi connectivity index (χ1v) is 8.94. The number of carboxylic acid groups (broad SMARTS) is 1. The summed E-state index contributed by atoms with van der Waals surface area (Å²) in [6.45, 7) is 5.69. The van der Waals surface area contributed by atoms with Gasteiger partial charge in [0.1, 0.15) is 5.75 Å². The number of rotatable bonds is 6. The Balaban J connectivity index is 2.01. The summed E-state index contributed by atoms with van der Waals surface area (Å²) in [6.07, 6.45) is 0.997. The van der Waals surface area contributed by atoms with Gasteiger partial charge in [0.05, 0.1) is 11.7 Å². The third-order valence-electron chi connectivity index (χ3n) is 4.07. The Hall–Kier alpha value is -2.93. The molecule has 6 nitrogen and oxygen atoms in total. The first kappa shape index (κ1) is 20.4. The smallest absolute Gasteiger partial charge is 0.336 e. The lowest BCUT2D eigenvalue weighted by Gasteiger charge is -2.14. The van der Waals surface area contributed by atoms with Crippen molar-refractivity contribution in [3.63, 3.8) is 0 Å². The molecule has 0 spiro atoms. The van der Waals surface area contributed by atoms with E-state index in [0.29, 0.717) is 22.6 Å². The first-order valence-electron chi connectivity index (χ1n) is 8.53. The lowest BCUT2D eigenvalue weighted by Crippen LogP contribution is -2.34. The average molecular weight is 386 g/mol. The molecule has 0 aromatic heterocycles. The van der Waals surface area contributed by atoms with Gasteiger partial charge >= 0.3 is 5.97 Å². The van der Waals surface area contributed by atoms with Crippen LogP contribution in [0.2, 0.25) is 0 Å². The number of carbonyl (C=O) groups excluding carboxylic acids is 1. The zero-order valence-electron chi connectivity index (χ0n) is 15.4. The quantitative estimate of drug-likeness (QED) is 0.651. The van der Waals surface area contributed by atoms with Crippen molar-refractivity contribution in [3.8, 4) is 5.75 Å². The van der Waals surface area contributed by atoms with Crippen LogP contribution in [0.3, 0.4) is 0 Å². The van der Waals surface area contributed by atoms with E-state index in [2.05, 4.69) is 10.6 Å². The minimum absolute atomic E-state index is 0.0885. The van der Waals surface area contributed by atoms with E-state index < -0.39 is 5.97 Å². The largest absolute Gasteiger partial charge is 0.491 e. The fraction of sp³-hybridized carbons (Fsp3) is 0.250. The summed E-state index contributed by atoms with van der Waals surface area (Å²) >= 11 is 5.16. The maximum atomic E-state index is 12.3. The molecule has 7 heteroatoms. The molecule has 3 N–H and O–H groups in total. The Bertz CT molecular complexity index is 850. The number of benzene rings is 2. The standard InChI is InChI=1S/C20H22N2O4S/c1-4-12(2)26-15-10-8-14(9-11-15)18(23)22-20(27)21-17-7-5-6-16(13(17)3)19(24)25/h5-12H,4H2,1-3H3,(H,24,25)(H2,21,22,23,27)/t12-/m1/s1. The fourth-order valence-electron chi connectivity index (χ4n) is 2.33. The van der Waals surface area contributed by atoms with E-state index >= 15 is 0 Å². The maximum absolute atomic E-state index is 12.3. The Morgan fingerprint density at radius 2 is 1.85 bits per heavy atom. The van der Waals surface area contributed by atoms with Crippen molar-refractivity contribution in [3.05, 3.63) is 59.2 Å². The second-order valence-corrected chi connectivity index (χ2v) is 6.46. The van der Waals surface area contributed by atoms with Crippen LogP contribution in [0.4, 0.5) is 5.69 Å². The van der Waals surface area contributed by atoms with Gasteiger partial charge in [-0.05, 0) is 74.4 Å². The molecule has 2 rings (SSSR count). The van der Waals surface area contributed by atoms with E-state index in [1.54, 1.807) is 43.3 Å². The molecule has 2 aromatic rings. The zero-order valence-corrected chi connectivity index (χ0v) is 16.2. The van der Waals surface area contributed by atoms with E-state index in [-0.39, 0.29) is 22.7 Å². The van der Waals surface area contributed by atoms with Crippen LogP contribution >= 0.6 is 12.2 Å². The Morgan fingerprint density at radius 3 is 2.44 bits per heavy atom. The monoisotopic (exact) mass is 386 g/mol. The second-order valence-electron chi connectivity index (χ2n) is 6.05. The van der Waals surface area contributed by atoms with Gasteiger partial charge in [0, 0.05) is 11.3 Å². The molecule has 1 atom stereocenters. The second kappa shape index (κ2) is 9.14. The minimum atomic E-state index is -1.02. The molecule has 27 heavy (non-hydrogen) atoms. The number of carbonyl (C=O) groups is 2. The van der Waals surface area contributed by atoms with Gasteiger partial charge in [-0.25, -0.2) is 4.79 Å². The third-order valence-corrected chi connectivity index (χ3v) is 4.27. The third kappa shape index (κ3) is 5.52. The predicted molar refractivity (Wildman–Crippen MR) is 109 cm³/mol. The van der Waals surface area contributed by atoms with Crippen molar-refractivity contribution in [2.45, 2.75) is 33.3 Å². The molecule has 0 aliphatic heterocycles. The van der Waals surface area contributed by atoms with Gasteiger partial charge in [0.2, 0.25) is 0 Å². The summed E-state index contributed by atoms with van der Waals surface area (Å²) in [5.41, 5.74) is 1.67. The summed E-state index contributed by atoms with van der Waals surface area (Å²) in [5.74, 6) is -0.692. The number of aromatic carboxylic acids is 1. The van der Waals surface area contributed by atoms with Crippen LogP contribution in [0.25, 0.3) is 0 Å². The average Bonchev–Trinajstić information content (AvgIpc) is 2.63. The number of thiocarbonyl (C=S) groups is 1. The van der Waals surface area contributed by atoms with E-state index in [0.717, 1.165) is 6.42 Å². The topological polar surface area (TPSA) is 87.7 Å². The van der Waals surface area contributed by atoms with Gasteiger partial charge in [0.15, 0.2) is 5.11 Å². The molecule has 0 saturated carbocycles. The number of ether oxygens (including phenoxy) is 1. The lowest BCUT2D eigenvalue weighted by molar-refractivity contribution is 0.0696. The highest BCUT2D eigenvalue weighted by atomic mass is 32.1. The normalized spacial score (nSPS) is 11.4. The molecule has 1 amide bonds. The fourth-order valence-corrected chi connectivity index (χ4v) is 2.53. The van der Waals surface area contributed by atoms with Crippen LogP contribution in [-0.4, -0.2) is 28.2 Å². The molecule has 0 fully saturated rings. The molecule has 0 saturated heterocycles. The van der Waals surface area contributed by atoms with Crippen LogP contribution in [0.1, 0.15) is 46.5 Å². The first-order chi connectivity index (χ1) is 12.8. The number of hydrogen-bond donors (Lipinski definition) is 3. The summed E-state index contributed by atoms with van der Waals surface area (Å²) < 4.78 is 5.68. The lowest BCUT2D eigenvalue weighted by atomic mass is 10.1. The van der Waals surface area contributed by atoms with Crippen LogP contribution in [0.15, 0.2) is 42.5 Å². The van der Waals surface area contributed by atoms with Crippen molar-refractivity contribution in [2.24, 2.45) is 0 Å². The van der Waals surface area contributed by atoms with E-state index in [1.807, 2.05) is 13.8 Å². The molecule has 0 aliphatic rings. The van der Waals surface area contributed by atoms with Gasteiger partial charge in [-0.15, -0.1) is 0 Å².